The average molecular weight is 251 g/mol. The van der Waals surface area contributed by atoms with E-state index in [9.17, 15) is 0 Å². The Balaban J connectivity index is 1.89. The van der Waals surface area contributed by atoms with Crippen LogP contribution in [0.2, 0.25) is 0 Å². The van der Waals surface area contributed by atoms with Crippen LogP contribution in [0.25, 0.3) is 0 Å². The quantitative estimate of drug-likeness (QED) is 0.894. The summed E-state index contributed by atoms with van der Waals surface area (Å²) >= 11 is 1.82. The van der Waals surface area contributed by atoms with E-state index in [1.54, 1.807) is 13.3 Å². The van der Waals surface area contributed by atoms with Gasteiger partial charge in [-0.3, -0.25) is 4.99 Å². The first kappa shape index (κ1) is 12.2. The van der Waals surface area contributed by atoms with Crippen molar-refractivity contribution in [1.82, 2.24) is 4.98 Å². The Hall–Kier alpha value is -1.23. The van der Waals surface area contributed by atoms with Crippen LogP contribution in [0.15, 0.2) is 23.3 Å². The number of nitrogens with one attached hydrogen (secondary N) is 1. The summed E-state index contributed by atoms with van der Waals surface area (Å²) in [5.41, 5.74) is 0.953. The summed E-state index contributed by atoms with van der Waals surface area (Å²) in [6.45, 7) is 3.13. The second-order valence-corrected chi connectivity index (χ2v) is 5.18. The molecule has 0 aromatic carbocycles. The third kappa shape index (κ3) is 3.36. The number of hydrogen-bond donors (Lipinski definition) is 1. The molecule has 17 heavy (non-hydrogen) atoms. The fourth-order valence-corrected chi connectivity index (χ4v) is 2.80. The van der Waals surface area contributed by atoms with Crippen LogP contribution in [0.4, 0.5) is 5.69 Å². The molecule has 0 bridgehead atoms. The summed E-state index contributed by atoms with van der Waals surface area (Å²) in [4.78, 5) is 8.63. The van der Waals surface area contributed by atoms with Crippen LogP contribution in [-0.4, -0.2) is 29.1 Å². The zero-order valence-corrected chi connectivity index (χ0v) is 11.0. The molecule has 1 aromatic heterocycles. The third-order valence-corrected chi connectivity index (χ3v) is 3.70. The number of methoxy groups -OCH3 is 1. The molecule has 0 amide bonds. The van der Waals surface area contributed by atoms with Crippen LogP contribution < -0.4 is 10.1 Å². The molecule has 92 valence electrons. The smallest absolute Gasteiger partial charge is 0.213 e. The van der Waals surface area contributed by atoms with Gasteiger partial charge in [-0.1, -0.05) is 25.1 Å². The van der Waals surface area contributed by atoms with Crippen molar-refractivity contribution in [3.8, 4) is 5.88 Å². The first-order valence-electron chi connectivity index (χ1n) is 5.80. The molecule has 2 heterocycles. The maximum atomic E-state index is 5.01. The van der Waals surface area contributed by atoms with Crippen molar-refractivity contribution in [3.05, 3.63) is 18.3 Å². The molecule has 1 aliphatic heterocycles. The Kier molecular flexibility index (Phi) is 4.25. The van der Waals surface area contributed by atoms with Gasteiger partial charge in [-0.2, -0.15) is 0 Å². The molecule has 0 aliphatic carbocycles. The summed E-state index contributed by atoms with van der Waals surface area (Å²) in [6, 6.07) is 3.79. The van der Waals surface area contributed by atoms with Crippen molar-refractivity contribution in [2.24, 2.45) is 4.99 Å². The lowest BCUT2D eigenvalue weighted by molar-refractivity contribution is 0.398. The molecule has 1 unspecified atom stereocenters. The van der Waals surface area contributed by atoms with E-state index in [0.717, 1.165) is 17.4 Å². The standard InChI is InChI=1S/C12H17N3OS/c1-3-4-10-8-14-12(17-10)15-9-5-6-11(16-2)13-7-9/h5-7,10H,3-4,8H2,1-2H3,(H,14,15). The van der Waals surface area contributed by atoms with Crippen molar-refractivity contribution in [2.45, 2.75) is 25.0 Å². The normalized spacial score (nSPS) is 18.9. The van der Waals surface area contributed by atoms with Crippen LogP contribution in [0.3, 0.4) is 0 Å². The molecule has 1 aromatic rings. The van der Waals surface area contributed by atoms with Gasteiger partial charge in [-0.05, 0) is 12.5 Å². The molecular formula is C12H17N3OS. The maximum absolute atomic E-state index is 5.01. The number of amidine groups is 1. The van der Waals surface area contributed by atoms with Gasteiger partial charge in [0, 0.05) is 11.3 Å². The van der Waals surface area contributed by atoms with E-state index in [0.29, 0.717) is 11.1 Å². The van der Waals surface area contributed by atoms with E-state index in [1.807, 2.05) is 23.9 Å². The van der Waals surface area contributed by atoms with Gasteiger partial charge in [0.05, 0.1) is 25.5 Å². The Morgan fingerprint density at radius 1 is 1.53 bits per heavy atom. The lowest BCUT2D eigenvalue weighted by Gasteiger charge is -2.07. The van der Waals surface area contributed by atoms with Gasteiger partial charge in [-0.25, -0.2) is 4.98 Å². The van der Waals surface area contributed by atoms with Crippen molar-refractivity contribution in [2.75, 3.05) is 19.0 Å². The summed E-state index contributed by atoms with van der Waals surface area (Å²) in [7, 11) is 1.61. The molecular weight excluding hydrogens is 234 g/mol. The highest BCUT2D eigenvalue weighted by Crippen LogP contribution is 2.25. The second-order valence-electron chi connectivity index (χ2n) is 3.89. The molecule has 1 N–H and O–H groups in total. The molecule has 0 saturated carbocycles. The van der Waals surface area contributed by atoms with E-state index in [4.69, 9.17) is 4.74 Å². The SMILES string of the molecule is CCCC1CN=C(Nc2ccc(OC)nc2)S1. The Bertz CT molecular complexity index is 391. The highest BCUT2D eigenvalue weighted by atomic mass is 32.2. The Morgan fingerprint density at radius 2 is 2.41 bits per heavy atom. The van der Waals surface area contributed by atoms with E-state index in [2.05, 4.69) is 22.2 Å². The number of aliphatic imine (C=N–C) groups is 1. The highest BCUT2D eigenvalue weighted by Gasteiger charge is 2.18. The number of pyridine rings is 1. The molecule has 0 saturated heterocycles. The summed E-state index contributed by atoms with van der Waals surface area (Å²) in [6.07, 6.45) is 4.19. The van der Waals surface area contributed by atoms with Crippen LogP contribution in [0.5, 0.6) is 5.88 Å². The molecule has 4 nitrogen and oxygen atoms in total. The van der Waals surface area contributed by atoms with E-state index in [1.165, 1.54) is 12.8 Å². The van der Waals surface area contributed by atoms with Crippen LogP contribution >= 0.6 is 11.8 Å². The molecule has 5 heteroatoms. The second kappa shape index (κ2) is 5.91. The fourth-order valence-electron chi connectivity index (χ4n) is 1.66. The maximum Gasteiger partial charge on any atom is 0.213 e. The largest absolute Gasteiger partial charge is 0.481 e. The Morgan fingerprint density at radius 3 is 3.06 bits per heavy atom. The molecule has 0 radical (unpaired) electrons. The summed E-state index contributed by atoms with van der Waals surface area (Å²) in [5.74, 6) is 0.625. The number of rotatable bonds is 4. The third-order valence-electron chi connectivity index (χ3n) is 2.52. The van der Waals surface area contributed by atoms with E-state index >= 15 is 0 Å². The minimum atomic E-state index is 0.625. The van der Waals surface area contributed by atoms with Crippen molar-refractivity contribution in [1.29, 1.82) is 0 Å². The number of ether oxygens (including phenoxy) is 1. The van der Waals surface area contributed by atoms with Gasteiger partial charge < -0.3 is 10.1 Å². The molecule has 0 fully saturated rings. The predicted octanol–water partition coefficient (Wildman–Crippen LogP) is 2.77. The zero-order chi connectivity index (χ0) is 12.1. The van der Waals surface area contributed by atoms with Gasteiger partial charge in [-0.15, -0.1) is 0 Å². The number of aromatic nitrogens is 1. The molecule has 1 atom stereocenters. The van der Waals surface area contributed by atoms with Crippen LogP contribution in [0, 0.1) is 0 Å². The lowest BCUT2D eigenvalue weighted by Crippen LogP contribution is -2.07. The topological polar surface area (TPSA) is 46.5 Å². The monoisotopic (exact) mass is 251 g/mol. The summed E-state index contributed by atoms with van der Waals surface area (Å²) in [5, 5.41) is 4.90. The van der Waals surface area contributed by atoms with E-state index < -0.39 is 0 Å². The van der Waals surface area contributed by atoms with Crippen molar-refractivity contribution < 1.29 is 4.74 Å². The molecule has 0 spiro atoms. The molecule has 2 rings (SSSR count). The van der Waals surface area contributed by atoms with Crippen molar-refractivity contribution >= 4 is 22.6 Å². The predicted molar refractivity (Wildman–Crippen MR) is 73.0 cm³/mol. The van der Waals surface area contributed by atoms with Crippen LogP contribution in [0.1, 0.15) is 19.8 Å². The minimum absolute atomic E-state index is 0.625. The van der Waals surface area contributed by atoms with Gasteiger partial charge in [0.2, 0.25) is 5.88 Å². The first-order chi connectivity index (χ1) is 8.31. The van der Waals surface area contributed by atoms with Crippen LogP contribution in [-0.2, 0) is 0 Å². The van der Waals surface area contributed by atoms with Gasteiger partial charge in [0.15, 0.2) is 5.17 Å². The number of nitrogens with zero attached hydrogens (tertiary/aromatic N) is 2. The first-order valence-corrected chi connectivity index (χ1v) is 6.68. The zero-order valence-electron chi connectivity index (χ0n) is 10.1. The van der Waals surface area contributed by atoms with Gasteiger partial charge >= 0.3 is 0 Å². The lowest BCUT2D eigenvalue weighted by atomic mass is 10.2. The summed E-state index contributed by atoms with van der Waals surface area (Å²) < 4.78 is 5.01. The fraction of sp³-hybridized carbons (Fsp3) is 0.500. The Labute approximate surface area is 106 Å². The molecule has 1 aliphatic rings. The van der Waals surface area contributed by atoms with Gasteiger partial charge in [0.25, 0.3) is 0 Å². The highest BCUT2D eigenvalue weighted by molar-refractivity contribution is 8.15. The number of hydrogen-bond acceptors (Lipinski definition) is 5. The number of anilines is 1. The minimum Gasteiger partial charge on any atom is -0.481 e. The van der Waals surface area contributed by atoms with E-state index in [-0.39, 0.29) is 0 Å². The average Bonchev–Trinajstić information content (AvgIpc) is 2.78. The van der Waals surface area contributed by atoms with Crippen molar-refractivity contribution in [3.63, 3.8) is 0 Å². The van der Waals surface area contributed by atoms with Gasteiger partial charge in [0.1, 0.15) is 0 Å². The number of thioether (sulfide) groups is 1.